The molecule has 0 radical (unpaired) electrons. The summed E-state index contributed by atoms with van der Waals surface area (Å²) in [5.74, 6) is -0.436. The van der Waals surface area contributed by atoms with Crippen LogP contribution in [0.2, 0.25) is 0 Å². The van der Waals surface area contributed by atoms with Crippen LogP contribution in [0.3, 0.4) is 0 Å². The molecule has 0 unspecified atom stereocenters. The van der Waals surface area contributed by atoms with Crippen LogP contribution in [0.15, 0.2) is 66.2 Å². The largest absolute Gasteiger partial charge is 0.330 e. The van der Waals surface area contributed by atoms with Crippen molar-refractivity contribution < 1.29 is 14.4 Å². The average Bonchev–Trinajstić information content (AvgIpc) is 3.16. The van der Waals surface area contributed by atoms with E-state index in [9.17, 15) is 14.4 Å². The van der Waals surface area contributed by atoms with Gasteiger partial charge in [0.2, 0.25) is 0 Å². The van der Waals surface area contributed by atoms with Crippen LogP contribution in [0, 0.1) is 6.92 Å². The highest BCUT2D eigenvalue weighted by molar-refractivity contribution is 8.18. The third-order valence-electron chi connectivity index (χ3n) is 4.27. The summed E-state index contributed by atoms with van der Waals surface area (Å²) < 4.78 is 1.45. The van der Waals surface area contributed by atoms with E-state index in [-0.39, 0.29) is 10.9 Å². The number of hydrogen-bond acceptors (Lipinski definition) is 4. The topological polar surface area (TPSA) is 71.4 Å². The van der Waals surface area contributed by atoms with Gasteiger partial charge in [-0.2, -0.15) is 0 Å². The molecule has 1 fully saturated rings. The van der Waals surface area contributed by atoms with E-state index in [2.05, 4.69) is 11.9 Å². The van der Waals surface area contributed by atoms with Crippen LogP contribution in [-0.2, 0) is 4.79 Å². The molecule has 4 rings (SSSR count). The summed E-state index contributed by atoms with van der Waals surface area (Å²) in [5, 5.41) is 3.09. The van der Waals surface area contributed by atoms with Gasteiger partial charge in [-0.05, 0) is 54.6 Å². The Labute approximate surface area is 159 Å². The Balaban J connectivity index is 1.72. The van der Waals surface area contributed by atoms with Crippen molar-refractivity contribution in [1.82, 2.24) is 4.57 Å². The molecule has 1 N–H and O–H groups in total. The molecule has 27 heavy (non-hydrogen) atoms. The van der Waals surface area contributed by atoms with Gasteiger partial charge in [-0.3, -0.25) is 14.2 Å². The Morgan fingerprint density at radius 1 is 1.11 bits per heavy atom. The number of benzene rings is 2. The van der Waals surface area contributed by atoms with Crippen molar-refractivity contribution in [2.45, 2.75) is 6.92 Å². The Morgan fingerprint density at radius 3 is 2.59 bits per heavy atom. The highest BCUT2D eigenvalue weighted by Crippen LogP contribution is 2.37. The lowest BCUT2D eigenvalue weighted by Crippen LogP contribution is -2.27. The zero-order valence-corrected chi connectivity index (χ0v) is 15.2. The van der Waals surface area contributed by atoms with Crippen molar-refractivity contribution in [1.29, 1.82) is 0 Å². The third kappa shape index (κ3) is 2.92. The van der Waals surface area contributed by atoms with Gasteiger partial charge in [-0.1, -0.05) is 24.8 Å². The van der Waals surface area contributed by atoms with Crippen molar-refractivity contribution in [3.05, 3.63) is 71.8 Å². The van der Waals surface area contributed by atoms with Crippen LogP contribution in [0.1, 0.15) is 5.56 Å². The Morgan fingerprint density at radius 2 is 1.89 bits per heavy atom. The smallest absolute Gasteiger partial charge is 0.307 e. The van der Waals surface area contributed by atoms with E-state index >= 15 is 0 Å². The molecular formula is C20H15N3O3S. The van der Waals surface area contributed by atoms with Crippen molar-refractivity contribution in [2.75, 3.05) is 10.2 Å². The molecule has 7 heteroatoms. The maximum Gasteiger partial charge on any atom is 0.330 e. The third-order valence-corrected chi connectivity index (χ3v) is 5.05. The number of carbonyl (C=O) groups is 3. The van der Waals surface area contributed by atoms with Crippen LogP contribution >= 0.6 is 11.8 Å². The first-order chi connectivity index (χ1) is 13.0. The minimum Gasteiger partial charge on any atom is -0.307 e. The molecule has 2 heterocycles. The van der Waals surface area contributed by atoms with Crippen molar-refractivity contribution in [3.8, 4) is 0 Å². The molecule has 0 aliphatic carbocycles. The zero-order valence-electron chi connectivity index (χ0n) is 14.4. The second-order valence-corrected chi connectivity index (χ2v) is 7.17. The fraction of sp³-hybridized carbons (Fsp3) is 0.0500. The van der Waals surface area contributed by atoms with Crippen LogP contribution in [0.25, 0.3) is 10.9 Å². The molecule has 6 nitrogen and oxygen atoms in total. The minimum atomic E-state index is -0.436. The highest BCUT2D eigenvalue weighted by atomic mass is 32.2. The van der Waals surface area contributed by atoms with Gasteiger partial charge in [0.05, 0.1) is 16.1 Å². The zero-order chi connectivity index (χ0) is 19.1. The molecule has 134 valence electrons. The Bertz CT molecular complexity index is 1130. The van der Waals surface area contributed by atoms with Crippen molar-refractivity contribution >= 4 is 51.2 Å². The molecule has 2 aromatic carbocycles. The molecule has 0 spiro atoms. The predicted octanol–water partition coefficient (Wildman–Crippen LogP) is 4.74. The van der Waals surface area contributed by atoms with Gasteiger partial charge in [0, 0.05) is 17.3 Å². The van der Waals surface area contributed by atoms with Gasteiger partial charge in [0.15, 0.2) is 0 Å². The maximum absolute atomic E-state index is 12.7. The minimum absolute atomic E-state index is 0.189. The summed E-state index contributed by atoms with van der Waals surface area (Å²) in [6.07, 6.45) is 1.62. The number of nitrogens with zero attached hydrogens (tertiary/aromatic N) is 2. The van der Waals surface area contributed by atoms with Gasteiger partial charge < -0.3 is 5.32 Å². The quantitative estimate of drug-likeness (QED) is 0.655. The number of aryl methyl sites for hydroxylation is 1. The average molecular weight is 377 g/mol. The number of nitrogens with one attached hydrogen (secondary N) is 1. The number of imide groups is 1. The van der Waals surface area contributed by atoms with Crippen molar-refractivity contribution in [3.63, 3.8) is 0 Å². The number of hydrogen-bond donors (Lipinski definition) is 1. The normalized spacial score (nSPS) is 14.3. The van der Waals surface area contributed by atoms with Gasteiger partial charge in [0.25, 0.3) is 11.1 Å². The molecule has 3 amide bonds. The first-order valence-corrected chi connectivity index (χ1v) is 9.00. The maximum atomic E-state index is 12.7. The summed E-state index contributed by atoms with van der Waals surface area (Å²) in [6, 6.07) is 14.0. The summed E-state index contributed by atoms with van der Waals surface area (Å²) in [4.78, 5) is 38.4. The number of amides is 3. The molecule has 0 saturated carbocycles. The summed E-state index contributed by atoms with van der Waals surface area (Å²) in [6.45, 7) is 5.56. The molecule has 3 aromatic rings. The molecule has 0 atom stereocenters. The lowest BCUT2D eigenvalue weighted by molar-refractivity contribution is -0.113. The van der Waals surface area contributed by atoms with Gasteiger partial charge in [-0.15, -0.1) is 0 Å². The monoisotopic (exact) mass is 377 g/mol. The van der Waals surface area contributed by atoms with E-state index in [1.54, 1.807) is 30.5 Å². The number of rotatable bonds is 2. The number of carbonyl (C=O) groups excluding carboxylic acids is 3. The Hall–Kier alpha value is -3.32. The van der Waals surface area contributed by atoms with Gasteiger partial charge in [-0.25, -0.2) is 9.69 Å². The number of thioether (sulfide) groups is 1. The number of fused-ring (bicyclic) bond motifs is 1. The molecule has 1 saturated heterocycles. The van der Waals surface area contributed by atoms with Crippen molar-refractivity contribution in [2.24, 2.45) is 0 Å². The van der Waals surface area contributed by atoms with Crippen LogP contribution < -0.4 is 10.2 Å². The SMILES string of the molecule is C=C1SC(=O)N(c2cccc3c2ccn3C(=O)Nc2cccc(C)c2)C1=O. The Kier molecular flexibility index (Phi) is 4.08. The van der Waals surface area contributed by atoms with E-state index in [4.69, 9.17) is 0 Å². The highest BCUT2D eigenvalue weighted by Gasteiger charge is 2.36. The lowest BCUT2D eigenvalue weighted by Gasteiger charge is -2.14. The van der Waals surface area contributed by atoms with Crippen LogP contribution in [-0.4, -0.2) is 21.7 Å². The molecule has 1 aliphatic heterocycles. The van der Waals surface area contributed by atoms with Gasteiger partial charge >= 0.3 is 6.03 Å². The van der Waals surface area contributed by atoms with E-state index in [1.165, 1.54) is 4.57 Å². The predicted molar refractivity (Wildman–Crippen MR) is 107 cm³/mol. The molecule has 1 aromatic heterocycles. The lowest BCUT2D eigenvalue weighted by atomic mass is 10.2. The number of aromatic nitrogens is 1. The van der Waals surface area contributed by atoms with Crippen LogP contribution in [0.4, 0.5) is 21.0 Å². The second-order valence-electron chi connectivity index (χ2n) is 6.13. The molecular weight excluding hydrogens is 362 g/mol. The summed E-state index contributed by atoms with van der Waals surface area (Å²) >= 11 is 0.813. The van der Waals surface area contributed by atoms with E-state index in [1.807, 2.05) is 31.2 Å². The first kappa shape index (κ1) is 17.1. The second kappa shape index (κ2) is 6.44. The van der Waals surface area contributed by atoms with E-state index < -0.39 is 11.1 Å². The molecule has 0 bridgehead atoms. The summed E-state index contributed by atoms with van der Waals surface area (Å²) in [7, 11) is 0. The fourth-order valence-corrected chi connectivity index (χ4v) is 3.70. The fourth-order valence-electron chi connectivity index (χ4n) is 3.04. The van der Waals surface area contributed by atoms with Crippen LogP contribution in [0.5, 0.6) is 0 Å². The first-order valence-electron chi connectivity index (χ1n) is 8.19. The van der Waals surface area contributed by atoms with Gasteiger partial charge in [0.1, 0.15) is 0 Å². The standard InChI is InChI=1S/C20H15N3O3S/c1-12-5-3-6-14(11-12)21-19(25)22-10-9-15-16(22)7-4-8-17(15)23-18(24)13(2)27-20(23)26/h3-11H,2H2,1H3,(H,21,25). The summed E-state index contributed by atoms with van der Waals surface area (Å²) in [5.41, 5.74) is 2.77. The van der Waals surface area contributed by atoms with E-state index in [0.717, 1.165) is 22.2 Å². The van der Waals surface area contributed by atoms with E-state index in [0.29, 0.717) is 22.3 Å². The molecule has 1 aliphatic rings. The number of anilines is 2.